The van der Waals surface area contributed by atoms with Crippen molar-refractivity contribution < 1.29 is 9.47 Å². The van der Waals surface area contributed by atoms with E-state index in [9.17, 15) is 0 Å². The van der Waals surface area contributed by atoms with E-state index in [0.29, 0.717) is 11.5 Å². The maximum atomic E-state index is 5.36. The lowest BCUT2D eigenvalue weighted by atomic mass is 10.2. The number of hydrogen-bond donors (Lipinski definition) is 2. The van der Waals surface area contributed by atoms with Crippen LogP contribution in [0.4, 0.5) is 0 Å². The van der Waals surface area contributed by atoms with Crippen LogP contribution in [0.15, 0.2) is 21.7 Å². The molecule has 0 saturated carbocycles. The van der Waals surface area contributed by atoms with Gasteiger partial charge < -0.3 is 15.2 Å². The smallest absolute Gasteiger partial charge is 0.184 e. The molecule has 0 atom stereocenters. The molecule has 0 unspecified atom stereocenters. The average Bonchev–Trinajstić information content (AvgIpc) is 2.38. The largest absolute Gasteiger partial charge is 0.493 e. The minimum absolute atomic E-state index is 0.0910. The van der Waals surface area contributed by atoms with Gasteiger partial charge in [0, 0.05) is 10.0 Å². The number of nitrogens with zero attached hydrogens (tertiary/aromatic N) is 1. The first kappa shape index (κ1) is 15.3. The van der Waals surface area contributed by atoms with Crippen LogP contribution in [0, 0.1) is 12.3 Å². The molecule has 0 spiro atoms. The molecule has 0 bridgehead atoms. The summed E-state index contributed by atoms with van der Waals surface area (Å²) in [5, 5.41) is 3.96. The molecular weight excluding hydrogens is 330 g/mol. The third-order valence-electron chi connectivity index (χ3n) is 1.97. The molecule has 5 nitrogen and oxygen atoms in total. The molecule has 100 valence electrons. The lowest BCUT2D eigenvalue weighted by Gasteiger charge is -2.10. The van der Waals surface area contributed by atoms with Crippen molar-refractivity contribution >= 4 is 39.5 Å². The highest BCUT2D eigenvalue weighted by atomic mass is 79.9. The van der Waals surface area contributed by atoms with Crippen LogP contribution in [0.25, 0.3) is 0 Å². The Morgan fingerprint density at radius 2 is 2.37 bits per heavy atom. The predicted molar refractivity (Wildman–Crippen MR) is 82.5 cm³/mol. The molecule has 0 amide bonds. The van der Waals surface area contributed by atoms with Crippen LogP contribution in [0.3, 0.4) is 0 Å². The normalized spacial score (nSPS) is 9.95. The van der Waals surface area contributed by atoms with Crippen molar-refractivity contribution in [1.29, 1.82) is 0 Å². The van der Waals surface area contributed by atoms with Crippen LogP contribution < -0.4 is 20.6 Å². The van der Waals surface area contributed by atoms with E-state index in [1.165, 1.54) is 0 Å². The maximum Gasteiger partial charge on any atom is 0.184 e. The summed E-state index contributed by atoms with van der Waals surface area (Å²) in [6.45, 7) is 0.166. The Balaban J connectivity index is 2.99. The molecule has 0 saturated heterocycles. The van der Waals surface area contributed by atoms with Gasteiger partial charge in [-0.25, -0.2) is 0 Å². The van der Waals surface area contributed by atoms with Crippen molar-refractivity contribution in [3.8, 4) is 23.8 Å². The predicted octanol–water partition coefficient (Wildman–Crippen LogP) is 1.64. The third-order valence-corrected chi connectivity index (χ3v) is 2.75. The standard InChI is InChI=1S/C12H12BrN3O2S/c1-3-4-18-11-6-9(13)8(5-10(11)17-2)7-15-16-12(14)19/h1,5-7H,4H2,2H3,(H3,14,16,19). The van der Waals surface area contributed by atoms with Gasteiger partial charge in [0.15, 0.2) is 16.6 Å². The minimum Gasteiger partial charge on any atom is -0.493 e. The summed E-state index contributed by atoms with van der Waals surface area (Å²) in [5.74, 6) is 3.49. The highest BCUT2D eigenvalue weighted by molar-refractivity contribution is 9.10. The van der Waals surface area contributed by atoms with Gasteiger partial charge in [0.25, 0.3) is 0 Å². The van der Waals surface area contributed by atoms with E-state index in [-0.39, 0.29) is 11.7 Å². The number of terminal acetylenes is 1. The Kier molecular flexibility index (Phi) is 6.12. The van der Waals surface area contributed by atoms with E-state index in [0.717, 1.165) is 10.0 Å². The number of halogens is 1. The molecule has 0 aliphatic carbocycles. The maximum absolute atomic E-state index is 5.36. The molecule has 1 aromatic carbocycles. The Hall–Kier alpha value is -1.78. The van der Waals surface area contributed by atoms with E-state index in [2.05, 4.69) is 44.6 Å². The van der Waals surface area contributed by atoms with Crippen LogP contribution in [0.5, 0.6) is 11.5 Å². The number of benzene rings is 1. The van der Waals surface area contributed by atoms with Crippen molar-refractivity contribution in [2.45, 2.75) is 0 Å². The van der Waals surface area contributed by atoms with Crippen molar-refractivity contribution in [1.82, 2.24) is 5.43 Å². The monoisotopic (exact) mass is 341 g/mol. The summed E-state index contributed by atoms with van der Waals surface area (Å²) in [6, 6.07) is 3.50. The van der Waals surface area contributed by atoms with Crippen molar-refractivity contribution in [3.05, 3.63) is 22.2 Å². The first-order valence-electron chi connectivity index (χ1n) is 5.10. The Morgan fingerprint density at radius 1 is 1.63 bits per heavy atom. The molecule has 0 fully saturated rings. The number of methoxy groups -OCH3 is 1. The molecule has 3 N–H and O–H groups in total. The lowest BCUT2D eigenvalue weighted by Crippen LogP contribution is -2.24. The van der Waals surface area contributed by atoms with Gasteiger partial charge >= 0.3 is 0 Å². The van der Waals surface area contributed by atoms with Crippen LogP contribution in [-0.2, 0) is 0 Å². The zero-order valence-electron chi connectivity index (χ0n) is 10.1. The van der Waals surface area contributed by atoms with Gasteiger partial charge in [-0.1, -0.05) is 5.92 Å². The van der Waals surface area contributed by atoms with Gasteiger partial charge in [-0.2, -0.15) is 5.10 Å². The molecule has 0 aliphatic rings. The van der Waals surface area contributed by atoms with E-state index < -0.39 is 0 Å². The fourth-order valence-corrected chi connectivity index (χ4v) is 1.68. The summed E-state index contributed by atoms with van der Waals surface area (Å²) in [4.78, 5) is 0. The quantitative estimate of drug-likeness (QED) is 0.369. The Morgan fingerprint density at radius 3 is 2.95 bits per heavy atom. The second kappa shape index (κ2) is 7.61. The second-order valence-electron chi connectivity index (χ2n) is 3.25. The van der Waals surface area contributed by atoms with E-state index in [4.69, 9.17) is 21.6 Å². The van der Waals surface area contributed by atoms with E-state index in [1.54, 1.807) is 25.5 Å². The zero-order chi connectivity index (χ0) is 14.3. The van der Waals surface area contributed by atoms with Crippen molar-refractivity contribution in [2.24, 2.45) is 10.8 Å². The third kappa shape index (κ3) is 4.77. The lowest BCUT2D eigenvalue weighted by molar-refractivity contribution is 0.330. The van der Waals surface area contributed by atoms with Gasteiger partial charge in [-0.05, 0) is 40.3 Å². The summed E-state index contributed by atoms with van der Waals surface area (Å²) in [5.41, 5.74) is 8.50. The number of rotatable bonds is 5. The summed E-state index contributed by atoms with van der Waals surface area (Å²) in [6.07, 6.45) is 6.70. The molecular formula is C12H12BrN3O2S. The first-order chi connectivity index (χ1) is 9.08. The van der Waals surface area contributed by atoms with Crippen LogP contribution in [0.2, 0.25) is 0 Å². The summed E-state index contributed by atoms with van der Waals surface area (Å²) >= 11 is 8.04. The highest BCUT2D eigenvalue weighted by Crippen LogP contribution is 2.32. The van der Waals surface area contributed by atoms with Crippen molar-refractivity contribution in [3.63, 3.8) is 0 Å². The first-order valence-corrected chi connectivity index (χ1v) is 6.31. The molecule has 1 aromatic rings. The van der Waals surface area contributed by atoms with Gasteiger partial charge in [-0.3, -0.25) is 5.43 Å². The number of nitrogens with two attached hydrogens (primary N) is 1. The number of thiocarbonyl (C=S) groups is 1. The van der Waals surface area contributed by atoms with Gasteiger partial charge in [0.1, 0.15) is 6.61 Å². The molecule has 0 aromatic heterocycles. The number of hydrazone groups is 1. The average molecular weight is 342 g/mol. The highest BCUT2D eigenvalue weighted by Gasteiger charge is 2.09. The summed E-state index contributed by atoms with van der Waals surface area (Å²) < 4.78 is 11.4. The molecule has 19 heavy (non-hydrogen) atoms. The molecule has 0 aliphatic heterocycles. The fourth-order valence-electron chi connectivity index (χ4n) is 1.21. The molecule has 7 heteroatoms. The van der Waals surface area contributed by atoms with E-state index in [1.807, 2.05) is 0 Å². The van der Waals surface area contributed by atoms with E-state index >= 15 is 0 Å². The van der Waals surface area contributed by atoms with Gasteiger partial charge in [0.2, 0.25) is 0 Å². The number of hydrogen-bond acceptors (Lipinski definition) is 4. The zero-order valence-corrected chi connectivity index (χ0v) is 12.5. The van der Waals surface area contributed by atoms with Crippen LogP contribution >= 0.6 is 28.1 Å². The Bertz CT molecular complexity index is 541. The number of ether oxygens (including phenoxy) is 2. The van der Waals surface area contributed by atoms with Crippen LogP contribution in [-0.4, -0.2) is 25.0 Å². The van der Waals surface area contributed by atoms with Gasteiger partial charge in [-0.15, -0.1) is 6.42 Å². The van der Waals surface area contributed by atoms with Crippen molar-refractivity contribution in [2.75, 3.05) is 13.7 Å². The summed E-state index contributed by atoms with van der Waals surface area (Å²) in [7, 11) is 1.54. The SMILES string of the molecule is C#CCOc1cc(Br)c(C=NNC(N)=S)cc1OC. The molecule has 1 rings (SSSR count). The molecule has 0 radical (unpaired) electrons. The van der Waals surface area contributed by atoms with Gasteiger partial charge in [0.05, 0.1) is 13.3 Å². The minimum atomic E-state index is 0.0910. The molecule has 0 heterocycles. The fraction of sp³-hybridized carbons (Fsp3) is 0.167. The topological polar surface area (TPSA) is 68.9 Å². The number of nitrogens with one attached hydrogen (secondary N) is 1. The Labute approximate surface area is 125 Å². The second-order valence-corrected chi connectivity index (χ2v) is 4.55. The van der Waals surface area contributed by atoms with Crippen LogP contribution in [0.1, 0.15) is 5.56 Å².